The van der Waals surface area contributed by atoms with E-state index in [4.69, 9.17) is 9.47 Å². The molecular weight excluding hydrogens is 295 g/mol. The van der Waals surface area contributed by atoms with Crippen LogP contribution in [0, 0.1) is 0 Å². The van der Waals surface area contributed by atoms with Crippen molar-refractivity contribution in [2.45, 2.75) is 104 Å². The summed E-state index contributed by atoms with van der Waals surface area (Å²) in [6.45, 7) is 6.27. The zero-order chi connectivity index (χ0) is 17.0. The van der Waals surface area contributed by atoms with Gasteiger partial charge in [0.15, 0.2) is 6.29 Å². The quantitative estimate of drug-likeness (QED) is 0.203. The Morgan fingerprint density at radius 2 is 1.09 bits per heavy atom. The Balaban J connectivity index is 3.69. The molecule has 0 fully saturated rings. The minimum Gasteiger partial charge on any atom is -0.353 e. The van der Waals surface area contributed by atoms with Crippen LogP contribution in [0.4, 0.5) is 4.53 Å². The Labute approximate surface area is 143 Å². The van der Waals surface area contributed by atoms with E-state index in [-0.39, 0.29) is 12.9 Å². The summed E-state index contributed by atoms with van der Waals surface area (Å²) in [6.07, 6.45) is 14.6. The van der Waals surface area contributed by atoms with Gasteiger partial charge < -0.3 is 9.47 Å². The molecule has 23 heavy (non-hydrogen) atoms. The Bertz CT molecular complexity index is 215. The average Bonchev–Trinajstić information content (AvgIpc) is 2.57. The maximum atomic E-state index is 11.5. The van der Waals surface area contributed by atoms with E-state index in [1.165, 1.54) is 32.1 Å². The Hall–Kier alpha value is -0.190. The summed E-state index contributed by atoms with van der Waals surface area (Å²) in [7, 11) is 0. The van der Waals surface area contributed by atoms with Crippen molar-refractivity contribution in [2.75, 3.05) is 19.8 Å². The molecule has 0 spiro atoms. The molecule has 0 N–H and O–H groups in total. The predicted octanol–water partition coefficient (Wildman–Crippen LogP) is 6.36. The van der Waals surface area contributed by atoms with Crippen LogP contribution in [0.3, 0.4) is 0 Å². The second-order valence-electron chi connectivity index (χ2n) is 6.31. The molecule has 0 aromatic carbocycles. The average molecular weight is 335 g/mol. The first-order chi connectivity index (χ1) is 11.3. The van der Waals surface area contributed by atoms with Crippen molar-refractivity contribution in [1.82, 2.24) is 0 Å². The molecule has 0 saturated carbocycles. The molecule has 3 nitrogen and oxygen atoms in total. The molecular formula is C19H39FO3. The number of ether oxygens (including phenoxy) is 2. The summed E-state index contributed by atoms with van der Waals surface area (Å²) < 4.78 is 23.3. The molecule has 1 atom stereocenters. The van der Waals surface area contributed by atoms with Crippen LogP contribution in [0.1, 0.15) is 97.3 Å². The Morgan fingerprint density at radius 3 is 1.74 bits per heavy atom. The minimum atomic E-state index is -0.0392. The molecule has 0 bridgehead atoms. The van der Waals surface area contributed by atoms with Crippen LogP contribution in [0.2, 0.25) is 0 Å². The molecule has 0 radical (unpaired) electrons. The molecule has 0 aromatic heterocycles. The van der Waals surface area contributed by atoms with Gasteiger partial charge in [-0.05, 0) is 36.6 Å². The van der Waals surface area contributed by atoms with Gasteiger partial charge in [-0.2, -0.15) is 4.94 Å². The smallest absolute Gasteiger partial charge is 0.157 e. The SMILES string of the molecule is CCCCCCOC(CCCCCCCOF)OCCCCC. The number of hydrogen-bond donors (Lipinski definition) is 0. The minimum absolute atomic E-state index is 0.0392. The first-order valence-corrected chi connectivity index (χ1v) is 9.81. The summed E-state index contributed by atoms with van der Waals surface area (Å²) in [5.74, 6) is 0. The van der Waals surface area contributed by atoms with Crippen LogP contribution in [-0.4, -0.2) is 26.1 Å². The molecule has 0 heterocycles. The normalized spacial score (nSPS) is 12.7. The maximum Gasteiger partial charge on any atom is 0.157 e. The summed E-state index contributed by atoms with van der Waals surface area (Å²) in [5, 5.41) is 0. The second-order valence-corrected chi connectivity index (χ2v) is 6.31. The largest absolute Gasteiger partial charge is 0.353 e. The zero-order valence-electron chi connectivity index (χ0n) is 15.5. The van der Waals surface area contributed by atoms with Gasteiger partial charge in [0.1, 0.15) is 0 Å². The first kappa shape index (κ1) is 22.8. The topological polar surface area (TPSA) is 27.7 Å². The van der Waals surface area contributed by atoms with Crippen LogP contribution in [0.5, 0.6) is 0 Å². The lowest BCUT2D eigenvalue weighted by atomic mass is 10.1. The summed E-state index contributed by atoms with van der Waals surface area (Å²) in [4.78, 5) is 3.58. The number of hydrogen-bond acceptors (Lipinski definition) is 3. The van der Waals surface area contributed by atoms with Crippen molar-refractivity contribution in [3.63, 3.8) is 0 Å². The van der Waals surface area contributed by atoms with Crippen molar-refractivity contribution in [2.24, 2.45) is 0 Å². The molecule has 0 aliphatic carbocycles. The highest BCUT2D eigenvalue weighted by Crippen LogP contribution is 2.13. The van der Waals surface area contributed by atoms with Crippen LogP contribution in [0.25, 0.3) is 0 Å². The van der Waals surface area contributed by atoms with E-state index >= 15 is 0 Å². The number of halogens is 1. The molecule has 4 heteroatoms. The lowest BCUT2D eigenvalue weighted by molar-refractivity contribution is -0.148. The third kappa shape index (κ3) is 18.0. The van der Waals surface area contributed by atoms with E-state index in [1.54, 1.807) is 0 Å². The summed E-state index contributed by atoms with van der Waals surface area (Å²) in [5.41, 5.74) is 0. The number of unbranched alkanes of at least 4 members (excludes halogenated alkanes) is 9. The molecule has 1 unspecified atom stereocenters. The Morgan fingerprint density at radius 1 is 0.609 bits per heavy atom. The molecule has 140 valence electrons. The van der Waals surface area contributed by atoms with Crippen molar-refractivity contribution in [3.05, 3.63) is 0 Å². The van der Waals surface area contributed by atoms with Crippen LogP contribution < -0.4 is 0 Å². The van der Waals surface area contributed by atoms with Crippen LogP contribution in [-0.2, 0) is 14.4 Å². The molecule has 0 saturated heterocycles. The fourth-order valence-electron chi connectivity index (χ4n) is 2.52. The van der Waals surface area contributed by atoms with E-state index < -0.39 is 0 Å². The lowest BCUT2D eigenvalue weighted by Crippen LogP contribution is -2.19. The van der Waals surface area contributed by atoms with E-state index in [0.717, 1.165) is 64.6 Å². The predicted molar refractivity (Wildman–Crippen MR) is 94.1 cm³/mol. The van der Waals surface area contributed by atoms with Gasteiger partial charge in [0, 0.05) is 13.2 Å². The van der Waals surface area contributed by atoms with Gasteiger partial charge in [-0.15, -0.1) is 0 Å². The number of rotatable bonds is 19. The van der Waals surface area contributed by atoms with E-state index in [1.807, 2.05) is 0 Å². The van der Waals surface area contributed by atoms with Gasteiger partial charge in [0.05, 0.1) is 6.61 Å². The molecule has 0 aliphatic rings. The van der Waals surface area contributed by atoms with Crippen molar-refractivity contribution < 1.29 is 18.9 Å². The summed E-state index contributed by atoms with van der Waals surface area (Å²) >= 11 is 0. The maximum absolute atomic E-state index is 11.5. The summed E-state index contributed by atoms with van der Waals surface area (Å²) in [6, 6.07) is 0. The molecule has 0 aromatic rings. The van der Waals surface area contributed by atoms with Gasteiger partial charge in [0.2, 0.25) is 0 Å². The second kappa shape index (κ2) is 19.9. The van der Waals surface area contributed by atoms with Gasteiger partial charge in [-0.25, -0.2) is 0 Å². The van der Waals surface area contributed by atoms with E-state index in [0.29, 0.717) is 0 Å². The highest BCUT2D eigenvalue weighted by atomic mass is 19.3. The monoisotopic (exact) mass is 334 g/mol. The van der Waals surface area contributed by atoms with Crippen LogP contribution >= 0.6 is 0 Å². The molecule has 0 aliphatic heterocycles. The highest BCUT2D eigenvalue weighted by molar-refractivity contribution is 4.51. The van der Waals surface area contributed by atoms with Crippen molar-refractivity contribution in [3.8, 4) is 0 Å². The zero-order valence-corrected chi connectivity index (χ0v) is 15.5. The standard InChI is InChI=1S/C19H39FO3/c1-3-5-7-13-17-22-19(21-16-12-6-4-2)15-11-9-8-10-14-18-23-20/h19H,3-18H2,1-2H3. The molecule has 0 rings (SSSR count). The van der Waals surface area contributed by atoms with E-state index in [2.05, 4.69) is 18.8 Å². The van der Waals surface area contributed by atoms with Gasteiger partial charge >= 0.3 is 0 Å². The highest BCUT2D eigenvalue weighted by Gasteiger charge is 2.09. The molecule has 0 amide bonds. The van der Waals surface area contributed by atoms with E-state index in [9.17, 15) is 4.53 Å². The fraction of sp³-hybridized carbons (Fsp3) is 1.00. The third-order valence-corrected chi connectivity index (χ3v) is 4.01. The van der Waals surface area contributed by atoms with Gasteiger partial charge in [0.25, 0.3) is 0 Å². The lowest BCUT2D eigenvalue weighted by Gasteiger charge is -2.19. The third-order valence-electron chi connectivity index (χ3n) is 4.01. The van der Waals surface area contributed by atoms with Gasteiger partial charge in [-0.1, -0.05) is 65.2 Å². The Kier molecular flexibility index (Phi) is 19.7. The van der Waals surface area contributed by atoms with Crippen molar-refractivity contribution in [1.29, 1.82) is 0 Å². The first-order valence-electron chi connectivity index (χ1n) is 9.81. The fourth-order valence-corrected chi connectivity index (χ4v) is 2.52. The van der Waals surface area contributed by atoms with Gasteiger partial charge in [-0.3, -0.25) is 0 Å². The van der Waals surface area contributed by atoms with Crippen LogP contribution in [0.15, 0.2) is 0 Å². The van der Waals surface area contributed by atoms with Crippen molar-refractivity contribution >= 4 is 0 Å².